The summed E-state index contributed by atoms with van der Waals surface area (Å²) in [5.74, 6) is 1.09. The molecule has 1 N–H and O–H groups in total. The lowest BCUT2D eigenvalue weighted by atomic mass is 10.1. The Kier molecular flexibility index (Phi) is 4.93. The lowest BCUT2D eigenvalue weighted by Gasteiger charge is -2.20. The number of rotatable bonds is 5. The van der Waals surface area contributed by atoms with Crippen molar-refractivity contribution in [2.24, 2.45) is 0 Å². The zero-order valence-electron chi connectivity index (χ0n) is 14.9. The van der Waals surface area contributed by atoms with E-state index < -0.39 is 0 Å². The summed E-state index contributed by atoms with van der Waals surface area (Å²) in [5.41, 5.74) is 1.55. The quantitative estimate of drug-likeness (QED) is 0.766. The third-order valence-corrected chi connectivity index (χ3v) is 4.23. The van der Waals surface area contributed by atoms with Crippen LogP contribution >= 0.6 is 0 Å². The van der Waals surface area contributed by atoms with Crippen LogP contribution in [0, 0.1) is 0 Å². The minimum Gasteiger partial charge on any atom is -0.497 e. The summed E-state index contributed by atoms with van der Waals surface area (Å²) in [6, 6.07) is 14.0. The number of para-hydroxylation sites is 1. The maximum atomic E-state index is 12.9. The summed E-state index contributed by atoms with van der Waals surface area (Å²) in [7, 11) is 4.86. The van der Waals surface area contributed by atoms with Gasteiger partial charge in [0.05, 0.1) is 19.8 Å². The standard InChI is InChI=1S/C20H20N2O4/c1-22(12-13-8-9-14(25-2)10-18(13)26-3)20(24)16-11-19(23)21-17-7-5-4-6-15(16)17/h4-11H,12H2,1-3H3,(H,21,23). The van der Waals surface area contributed by atoms with Gasteiger partial charge in [0.2, 0.25) is 5.56 Å². The first-order valence-electron chi connectivity index (χ1n) is 8.12. The summed E-state index contributed by atoms with van der Waals surface area (Å²) in [6.45, 7) is 0.340. The van der Waals surface area contributed by atoms with Gasteiger partial charge in [0.1, 0.15) is 11.5 Å². The van der Waals surface area contributed by atoms with Gasteiger partial charge in [-0.25, -0.2) is 0 Å². The zero-order valence-corrected chi connectivity index (χ0v) is 14.9. The molecule has 134 valence electrons. The number of amides is 1. The number of hydrogen-bond donors (Lipinski definition) is 1. The topological polar surface area (TPSA) is 71.6 Å². The van der Waals surface area contributed by atoms with E-state index in [-0.39, 0.29) is 11.5 Å². The summed E-state index contributed by atoms with van der Waals surface area (Å²) < 4.78 is 10.6. The molecule has 3 rings (SSSR count). The fraction of sp³-hybridized carbons (Fsp3) is 0.200. The summed E-state index contributed by atoms with van der Waals surface area (Å²) in [5, 5.41) is 0.714. The van der Waals surface area contributed by atoms with Crippen molar-refractivity contribution in [3.8, 4) is 11.5 Å². The lowest BCUT2D eigenvalue weighted by molar-refractivity contribution is 0.0786. The van der Waals surface area contributed by atoms with E-state index in [0.717, 1.165) is 5.56 Å². The number of nitrogens with one attached hydrogen (secondary N) is 1. The molecule has 0 bridgehead atoms. The van der Waals surface area contributed by atoms with Crippen LogP contribution < -0.4 is 15.0 Å². The number of aromatic amines is 1. The van der Waals surface area contributed by atoms with Crippen LogP contribution in [0.25, 0.3) is 10.9 Å². The van der Waals surface area contributed by atoms with Crippen molar-refractivity contribution in [1.29, 1.82) is 0 Å². The van der Waals surface area contributed by atoms with E-state index in [1.165, 1.54) is 6.07 Å². The highest BCUT2D eigenvalue weighted by atomic mass is 16.5. The van der Waals surface area contributed by atoms with Crippen molar-refractivity contribution in [3.63, 3.8) is 0 Å². The Morgan fingerprint density at radius 2 is 1.85 bits per heavy atom. The molecule has 26 heavy (non-hydrogen) atoms. The fourth-order valence-corrected chi connectivity index (χ4v) is 2.90. The smallest absolute Gasteiger partial charge is 0.254 e. The van der Waals surface area contributed by atoms with E-state index in [9.17, 15) is 9.59 Å². The number of hydrogen-bond acceptors (Lipinski definition) is 4. The van der Waals surface area contributed by atoms with Crippen LogP contribution in [0.15, 0.2) is 53.3 Å². The largest absolute Gasteiger partial charge is 0.497 e. The van der Waals surface area contributed by atoms with Gasteiger partial charge >= 0.3 is 0 Å². The number of fused-ring (bicyclic) bond motifs is 1. The molecule has 1 aromatic heterocycles. The molecule has 0 saturated carbocycles. The van der Waals surface area contributed by atoms with Gasteiger partial charge in [-0.05, 0) is 18.2 Å². The Bertz CT molecular complexity index is 1010. The fourth-order valence-electron chi connectivity index (χ4n) is 2.90. The van der Waals surface area contributed by atoms with Crippen molar-refractivity contribution >= 4 is 16.8 Å². The van der Waals surface area contributed by atoms with Crippen LogP contribution in [-0.4, -0.2) is 37.1 Å². The van der Waals surface area contributed by atoms with Gasteiger partial charge in [-0.3, -0.25) is 9.59 Å². The van der Waals surface area contributed by atoms with Crippen LogP contribution in [0.2, 0.25) is 0 Å². The second-order valence-corrected chi connectivity index (χ2v) is 5.93. The molecule has 2 aromatic carbocycles. The summed E-state index contributed by atoms with van der Waals surface area (Å²) >= 11 is 0. The van der Waals surface area contributed by atoms with Crippen LogP contribution in [0.1, 0.15) is 15.9 Å². The van der Waals surface area contributed by atoms with Crippen LogP contribution in [0.4, 0.5) is 0 Å². The Morgan fingerprint density at radius 1 is 1.08 bits per heavy atom. The number of ether oxygens (including phenoxy) is 2. The van der Waals surface area contributed by atoms with Gasteiger partial charge < -0.3 is 19.4 Å². The van der Waals surface area contributed by atoms with Crippen LogP contribution in [0.3, 0.4) is 0 Å². The Labute approximate surface area is 151 Å². The molecule has 0 aliphatic rings. The van der Waals surface area contributed by atoms with Crippen molar-refractivity contribution in [3.05, 3.63) is 70.0 Å². The Morgan fingerprint density at radius 3 is 2.58 bits per heavy atom. The third kappa shape index (κ3) is 3.39. The molecule has 0 unspecified atom stereocenters. The number of aromatic nitrogens is 1. The molecule has 3 aromatic rings. The lowest BCUT2D eigenvalue weighted by Crippen LogP contribution is -2.27. The van der Waals surface area contributed by atoms with E-state index >= 15 is 0 Å². The van der Waals surface area contributed by atoms with Crippen molar-refractivity contribution < 1.29 is 14.3 Å². The summed E-state index contributed by atoms with van der Waals surface area (Å²) in [6.07, 6.45) is 0. The molecule has 0 saturated heterocycles. The monoisotopic (exact) mass is 352 g/mol. The van der Waals surface area contributed by atoms with Crippen molar-refractivity contribution in [1.82, 2.24) is 9.88 Å². The molecule has 0 fully saturated rings. The first kappa shape index (κ1) is 17.5. The van der Waals surface area contributed by atoms with E-state index in [2.05, 4.69) is 4.98 Å². The summed E-state index contributed by atoms with van der Waals surface area (Å²) in [4.78, 5) is 29.2. The minimum atomic E-state index is -0.303. The molecule has 0 spiro atoms. The molecule has 1 heterocycles. The molecule has 0 aliphatic carbocycles. The molecule has 6 heteroatoms. The van der Waals surface area contributed by atoms with E-state index in [0.29, 0.717) is 34.5 Å². The number of carbonyl (C=O) groups is 1. The number of pyridine rings is 1. The van der Waals surface area contributed by atoms with E-state index in [1.54, 1.807) is 38.3 Å². The van der Waals surface area contributed by atoms with Gasteiger partial charge in [-0.1, -0.05) is 18.2 Å². The maximum absolute atomic E-state index is 12.9. The van der Waals surface area contributed by atoms with Gasteiger partial charge in [-0.2, -0.15) is 0 Å². The zero-order chi connectivity index (χ0) is 18.7. The molecule has 0 atom stereocenters. The van der Waals surface area contributed by atoms with Crippen molar-refractivity contribution in [2.45, 2.75) is 6.54 Å². The normalized spacial score (nSPS) is 10.6. The molecule has 1 amide bonds. The highest BCUT2D eigenvalue weighted by Gasteiger charge is 2.18. The van der Waals surface area contributed by atoms with Gasteiger partial charge in [0, 0.05) is 42.2 Å². The second-order valence-electron chi connectivity index (χ2n) is 5.93. The number of carbonyl (C=O) groups excluding carboxylic acids is 1. The Balaban J connectivity index is 1.93. The number of methoxy groups -OCH3 is 2. The molecule has 0 radical (unpaired) electrons. The Hall–Kier alpha value is -3.28. The predicted octanol–water partition coefficient (Wildman–Crippen LogP) is 2.82. The van der Waals surface area contributed by atoms with Gasteiger partial charge in [-0.15, -0.1) is 0 Å². The number of benzene rings is 2. The molecule has 0 aliphatic heterocycles. The van der Waals surface area contributed by atoms with Crippen LogP contribution in [-0.2, 0) is 6.54 Å². The number of H-pyrrole nitrogens is 1. The highest BCUT2D eigenvalue weighted by molar-refractivity contribution is 6.05. The van der Waals surface area contributed by atoms with E-state index in [4.69, 9.17) is 9.47 Å². The second kappa shape index (κ2) is 7.31. The molecular weight excluding hydrogens is 332 g/mol. The highest BCUT2D eigenvalue weighted by Crippen LogP contribution is 2.26. The molecular formula is C20H20N2O4. The first-order chi connectivity index (χ1) is 12.5. The SMILES string of the molecule is COc1ccc(CN(C)C(=O)c2cc(=O)[nH]c3ccccc23)c(OC)c1. The third-order valence-electron chi connectivity index (χ3n) is 4.23. The minimum absolute atomic E-state index is 0.231. The van der Waals surface area contributed by atoms with Gasteiger partial charge in [0.15, 0.2) is 0 Å². The van der Waals surface area contributed by atoms with Crippen LogP contribution in [0.5, 0.6) is 11.5 Å². The number of nitrogens with zero attached hydrogens (tertiary/aromatic N) is 1. The predicted molar refractivity (Wildman–Crippen MR) is 99.9 cm³/mol. The average molecular weight is 352 g/mol. The molecule has 6 nitrogen and oxygen atoms in total. The van der Waals surface area contributed by atoms with Crippen molar-refractivity contribution in [2.75, 3.05) is 21.3 Å². The maximum Gasteiger partial charge on any atom is 0.254 e. The first-order valence-corrected chi connectivity index (χ1v) is 8.12. The van der Waals surface area contributed by atoms with E-state index in [1.807, 2.05) is 30.3 Å². The van der Waals surface area contributed by atoms with Gasteiger partial charge in [0.25, 0.3) is 5.91 Å². The average Bonchev–Trinajstić information content (AvgIpc) is 2.66.